The topological polar surface area (TPSA) is 108 Å². The second-order valence-corrected chi connectivity index (χ2v) is 15.2. The van der Waals surface area contributed by atoms with Gasteiger partial charge in [0.2, 0.25) is 0 Å². The highest BCUT2D eigenvalue weighted by atomic mass is 16.7. The summed E-state index contributed by atoms with van der Waals surface area (Å²) in [6.45, 7) is 4.56. The molecule has 0 spiro atoms. The highest BCUT2D eigenvalue weighted by molar-refractivity contribution is 5.71. The van der Waals surface area contributed by atoms with E-state index in [1.54, 1.807) is 0 Å². The lowest BCUT2D eigenvalue weighted by Gasteiger charge is -2.25. The zero-order valence-corrected chi connectivity index (χ0v) is 36.5. The van der Waals surface area contributed by atoms with Crippen molar-refractivity contribution in [3.63, 3.8) is 0 Å². The van der Waals surface area contributed by atoms with E-state index < -0.39 is 24.3 Å². The minimum Gasteiger partial charge on any atom is -0.477 e. The smallest absolute Gasteiger partial charge is 0.361 e. The number of carboxylic acids is 1. The third kappa shape index (κ3) is 40.5. The number of allylic oxidation sites excluding steroid dienone is 14. The molecule has 0 aromatic rings. The van der Waals surface area contributed by atoms with E-state index in [1.807, 2.05) is 21.1 Å². The molecule has 0 radical (unpaired) electrons. The number of ether oxygens (including phenoxy) is 4. The van der Waals surface area contributed by atoms with Gasteiger partial charge in [-0.15, -0.1) is 0 Å². The number of carbonyl (C=O) groups is 3. The number of rotatable bonds is 38. The molecule has 0 rings (SSSR count). The molecule has 0 saturated heterocycles. The van der Waals surface area contributed by atoms with Crippen molar-refractivity contribution in [2.24, 2.45) is 0 Å². The van der Waals surface area contributed by atoms with E-state index in [4.69, 9.17) is 18.9 Å². The van der Waals surface area contributed by atoms with E-state index in [1.165, 1.54) is 0 Å². The van der Waals surface area contributed by atoms with Crippen LogP contribution in [0.15, 0.2) is 85.1 Å². The van der Waals surface area contributed by atoms with Crippen molar-refractivity contribution in [2.45, 2.75) is 155 Å². The van der Waals surface area contributed by atoms with Crippen molar-refractivity contribution in [1.82, 2.24) is 0 Å². The molecule has 0 aliphatic heterocycles. The Kier molecular flexibility index (Phi) is 36.9. The first kappa shape index (κ1) is 53.5. The summed E-state index contributed by atoms with van der Waals surface area (Å²) in [5.41, 5.74) is 0. The Hall–Kier alpha value is -3.53. The van der Waals surface area contributed by atoms with Crippen molar-refractivity contribution in [1.29, 1.82) is 0 Å². The summed E-state index contributed by atoms with van der Waals surface area (Å²) in [7, 11) is 5.93. The van der Waals surface area contributed by atoms with Crippen LogP contribution in [0, 0.1) is 0 Å². The lowest BCUT2D eigenvalue weighted by molar-refractivity contribution is -0.870. The number of hydrogen-bond donors (Lipinski definition) is 1. The van der Waals surface area contributed by atoms with Gasteiger partial charge in [-0.2, -0.15) is 0 Å². The van der Waals surface area contributed by atoms with Gasteiger partial charge in [-0.25, -0.2) is 4.79 Å². The van der Waals surface area contributed by atoms with Crippen LogP contribution in [0.5, 0.6) is 0 Å². The average Bonchev–Trinajstić information content (AvgIpc) is 3.17. The molecule has 0 amide bonds. The third-order valence-electron chi connectivity index (χ3n) is 8.65. The Bertz CT molecular complexity index is 1210. The summed E-state index contributed by atoms with van der Waals surface area (Å²) < 4.78 is 22.6. The molecule has 9 nitrogen and oxygen atoms in total. The molecule has 0 heterocycles. The molecule has 0 bridgehead atoms. The van der Waals surface area contributed by atoms with Gasteiger partial charge in [0.1, 0.15) is 13.2 Å². The van der Waals surface area contributed by atoms with Gasteiger partial charge in [0.05, 0.1) is 34.4 Å². The number of unbranched alkanes of at least 4 members (excludes halogenated alkanes) is 9. The van der Waals surface area contributed by atoms with Gasteiger partial charge in [0.25, 0.3) is 6.29 Å². The first-order chi connectivity index (χ1) is 27.6. The molecule has 0 saturated carbocycles. The van der Waals surface area contributed by atoms with E-state index in [9.17, 15) is 19.5 Å². The monoisotopic (exact) mass is 799 g/mol. The van der Waals surface area contributed by atoms with E-state index in [2.05, 4.69) is 98.9 Å². The Labute approximate surface area is 347 Å². The predicted molar refractivity (Wildman–Crippen MR) is 235 cm³/mol. The molecule has 57 heavy (non-hydrogen) atoms. The highest BCUT2D eigenvalue weighted by Gasteiger charge is 2.25. The maximum Gasteiger partial charge on any atom is 0.361 e. The van der Waals surface area contributed by atoms with Gasteiger partial charge in [-0.05, 0) is 83.5 Å². The summed E-state index contributed by atoms with van der Waals surface area (Å²) in [6.07, 6.45) is 46.4. The van der Waals surface area contributed by atoms with Crippen LogP contribution < -0.4 is 0 Å². The van der Waals surface area contributed by atoms with E-state index in [-0.39, 0.29) is 38.6 Å². The lowest BCUT2D eigenvalue weighted by atomic mass is 10.1. The van der Waals surface area contributed by atoms with Gasteiger partial charge < -0.3 is 28.5 Å². The minimum absolute atomic E-state index is 0.175. The summed E-state index contributed by atoms with van der Waals surface area (Å²) in [4.78, 5) is 37.1. The van der Waals surface area contributed by atoms with Crippen LogP contribution in [-0.4, -0.2) is 87.4 Å². The zero-order valence-electron chi connectivity index (χ0n) is 36.5. The lowest BCUT2D eigenvalue weighted by Crippen LogP contribution is -2.40. The van der Waals surface area contributed by atoms with Gasteiger partial charge >= 0.3 is 17.9 Å². The van der Waals surface area contributed by atoms with Crippen molar-refractivity contribution < 1.29 is 42.9 Å². The van der Waals surface area contributed by atoms with E-state index in [0.717, 1.165) is 103 Å². The number of carboxylic acid groups (broad SMARTS) is 1. The SMILES string of the molecule is CC/C=C\C/C=C\C/C=C\C/C=C\CCCCCCCCC(=O)OC(COC(=O)CCCCC/C=C\C/C=C\C/C=C\CC)COC(OCC[N+](C)(C)C)C(=O)O. The molecule has 2 unspecified atom stereocenters. The van der Waals surface area contributed by atoms with Gasteiger partial charge in [-0.3, -0.25) is 9.59 Å². The fourth-order valence-corrected chi connectivity index (χ4v) is 5.31. The third-order valence-corrected chi connectivity index (χ3v) is 8.65. The van der Waals surface area contributed by atoms with Crippen LogP contribution in [0.1, 0.15) is 142 Å². The Morgan fingerprint density at radius 2 is 0.947 bits per heavy atom. The number of hydrogen-bond acceptors (Lipinski definition) is 7. The first-order valence-corrected chi connectivity index (χ1v) is 21.8. The van der Waals surface area contributed by atoms with Crippen molar-refractivity contribution >= 4 is 17.9 Å². The fourth-order valence-electron chi connectivity index (χ4n) is 5.31. The molecule has 324 valence electrons. The van der Waals surface area contributed by atoms with Crippen molar-refractivity contribution in [3.8, 4) is 0 Å². The molecular weight excluding hydrogens is 719 g/mol. The number of carbonyl (C=O) groups excluding carboxylic acids is 2. The van der Waals surface area contributed by atoms with Crippen LogP contribution in [0.3, 0.4) is 0 Å². The number of nitrogens with zero attached hydrogens (tertiary/aromatic N) is 1. The Balaban J connectivity index is 4.53. The van der Waals surface area contributed by atoms with Crippen LogP contribution in [0.2, 0.25) is 0 Å². The minimum atomic E-state index is -1.52. The second-order valence-electron chi connectivity index (χ2n) is 15.2. The molecule has 9 heteroatoms. The van der Waals surface area contributed by atoms with E-state index in [0.29, 0.717) is 23.9 Å². The van der Waals surface area contributed by atoms with Crippen LogP contribution in [0.25, 0.3) is 0 Å². The van der Waals surface area contributed by atoms with Gasteiger partial charge in [0.15, 0.2) is 6.10 Å². The van der Waals surface area contributed by atoms with Crippen LogP contribution in [-0.2, 0) is 33.3 Å². The molecule has 1 N–H and O–H groups in total. The quantitative estimate of drug-likeness (QED) is 0.0216. The molecule has 0 aromatic heterocycles. The Morgan fingerprint density at radius 3 is 1.42 bits per heavy atom. The zero-order chi connectivity index (χ0) is 42.1. The Morgan fingerprint density at radius 1 is 0.526 bits per heavy atom. The number of quaternary nitrogens is 1. The fraction of sp³-hybridized carbons (Fsp3) is 0.646. The summed E-state index contributed by atoms with van der Waals surface area (Å²) in [5, 5.41) is 9.62. The van der Waals surface area contributed by atoms with Crippen molar-refractivity contribution in [3.05, 3.63) is 85.1 Å². The maximum absolute atomic E-state index is 12.8. The van der Waals surface area contributed by atoms with Gasteiger partial charge in [-0.1, -0.05) is 131 Å². The summed E-state index contributed by atoms with van der Waals surface area (Å²) in [5.74, 6) is -2.08. The largest absolute Gasteiger partial charge is 0.477 e. The molecule has 2 atom stereocenters. The van der Waals surface area contributed by atoms with Crippen molar-refractivity contribution in [2.75, 3.05) is 47.5 Å². The number of likely N-dealkylation sites (N-methyl/N-ethyl adjacent to an activating group) is 1. The van der Waals surface area contributed by atoms with Crippen LogP contribution in [0.4, 0.5) is 0 Å². The molecule has 0 aromatic carbocycles. The summed E-state index contributed by atoms with van der Waals surface area (Å²) >= 11 is 0. The molecule has 0 aliphatic rings. The maximum atomic E-state index is 12.8. The highest BCUT2D eigenvalue weighted by Crippen LogP contribution is 2.12. The van der Waals surface area contributed by atoms with Gasteiger partial charge in [0, 0.05) is 12.8 Å². The molecule has 0 fully saturated rings. The standard InChI is InChI=1S/C48H79NO8/c1-6-8-10-12-14-16-18-20-21-22-23-24-25-27-29-31-33-35-37-39-46(51)57-44(43-56-48(47(52)53)54-41-40-49(3,4)5)42-55-45(50)38-36-34-32-30-28-26-19-17-15-13-11-9-7-2/h8-11,14-17,20-21,23-24,26,28,44,48H,6-7,12-13,18-19,22,25,27,29-43H2,1-5H3/p+1/b10-8-,11-9-,16-14-,17-15-,21-20-,24-23-,28-26-. The number of aliphatic carboxylic acids is 1. The first-order valence-electron chi connectivity index (χ1n) is 21.8. The summed E-state index contributed by atoms with van der Waals surface area (Å²) in [6, 6.07) is 0. The number of esters is 2. The average molecular weight is 799 g/mol. The predicted octanol–water partition coefficient (Wildman–Crippen LogP) is 11.3. The normalized spacial score (nSPS) is 13.8. The van der Waals surface area contributed by atoms with Crippen LogP contribution >= 0.6 is 0 Å². The second kappa shape index (κ2) is 39.3. The van der Waals surface area contributed by atoms with E-state index >= 15 is 0 Å². The molecule has 0 aliphatic carbocycles. The molecular formula is C48H80NO8+.